The molecule has 0 radical (unpaired) electrons. The molecule has 3 saturated heterocycles. The van der Waals surface area contributed by atoms with Crippen molar-refractivity contribution in [2.45, 2.75) is 43.2 Å². The Bertz CT molecular complexity index is 1070. The van der Waals surface area contributed by atoms with E-state index in [0.29, 0.717) is 13.1 Å². The van der Waals surface area contributed by atoms with Gasteiger partial charge in [0.05, 0.1) is 23.2 Å². The van der Waals surface area contributed by atoms with Crippen molar-refractivity contribution in [3.8, 4) is 0 Å². The summed E-state index contributed by atoms with van der Waals surface area (Å²) < 4.78 is -0.723. The Hall–Kier alpha value is -2.58. The minimum Gasteiger partial charge on any atom is -0.395 e. The summed E-state index contributed by atoms with van der Waals surface area (Å²) in [5, 5.41) is 9.87. The maximum absolute atomic E-state index is 14.5. The second kappa shape index (κ2) is 10.1. The van der Waals surface area contributed by atoms with Crippen LogP contribution in [0.1, 0.15) is 24.5 Å². The van der Waals surface area contributed by atoms with E-state index < -0.39 is 22.6 Å². The number of β-amino-alcohol motifs (C(OH)–C–C–N with tert-alkyl or cyclic N) is 1. The molecule has 1 aromatic rings. The molecule has 36 heavy (non-hydrogen) atoms. The molecule has 1 aromatic carbocycles. The predicted octanol–water partition coefficient (Wildman–Crippen LogP) is 2.80. The average molecular weight is 512 g/mol. The third kappa shape index (κ3) is 3.80. The van der Waals surface area contributed by atoms with Crippen LogP contribution in [-0.2, 0) is 14.4 Å². The Morgan fingerprint density at radius 3 is 2.42 bits per heavy atom. The second-order valence-corrected chi connectivity index (χ2v) is 11.8. The van der Waals surface area contributed by atoms with Crippen molar-refractivity contribution < 1.29 is 19.5 Å². The SMILES string of the molecule is C=CCN(C)C(=O)[C@@H]1[C@H]2C(=O)N(CCO)C(C(=O)N(CC=C)c3c(C)cccc3C)C23S[C@@H]1CC3C. The number of likely N-dealkylation sites (N-methyl/N-ethyl adjacent to an activating group) is 1. The van der Waals surface area contributed by atoms with Gasteiger partial charge >= 0.3 is 0 Å². The molecule has 3 unspecified atom stereocenters. The highest BCUT2D eigenvalue weighted by molar-refractivity contribution is 8.02. The van der Waals surface area contributed by atoms with Gasteiger partial charge in [0.15, 0.2) is 0 Å². The summed E-state index contributed by atoms with van der Waals surface area (Å²) in [5.41, 5.74) is 2.75. The number of amides is 3. The minimum absolute atomic E-state index is 0.0201. The third-order valence-electron chi connectivity index (χ3n) is 8.17. The zero-order valence-corrected chi connectivity index (χ0v) is 22.5. The van der Waals surface area contributed by atoms with Crippen LogP contribution < -0.4 is 4.90 Å². The van der Waals surface area contributed by atoms with Crippen LogP contribution in [0, 0.1) is 31.6 Å². The highest BCUT2D eigenvalue weighted by Crippen LogP contribution is 2.68. The summed E-state index contributed by atoms with van der Waals surface area (Å²) in [6.45, 7) is 14.2. The van der Waals surface area contributed by atoms with Crippen molar-refractivity contribution in [3.63, 3.8) is 0 Å². The number of fused-ring (bicyclic) bond motifs is 1. The maximum Gasteiger partial charge on any atom is 0.251 e. The van der Waals surface area contributed by atoms with Crippen LogP contribution >= 0.6 is 11.8 Å². The van der Waals surface area contributed by atoms with Gasteiger partial charge in [-0.2, -0.15) is 0 Å². The molecular formula is C28H37N3O4S. The van der Waals surface area contributed by atoms with Crippen LogP contribution in [0.4, 0.5) is 5.69 Å². The van der Waals surface area contributed by atoms with Crippen molar-refractivity contribution in [1.82, 2.24) is 9.80 Å². The Morgan fingerprint density at radius 1 is 1.19 bits per heavy atom. The lowest BCUT2D eigenvalue weighted by Crippen LogP contribution is -2.58. The Labute approximate surface area is 218 Å². The molecule has 3 fully saturated rings. The molecule has 1 spiro atoms. The molecule has 1 N–H and O–H groups in total. The Morgan fingerprint density at radius 2 is 1.83 bits per heavy atom. The standard InChI is InChI=1S/C28H37N3O4S/c1-7-12-29(6)25(33)21-20-16-19(5)28(36-20)22(21)26(34)31(14-15-32)24(28)27(35)30(13-8-2)23-17(3)10-9-11-18(23)4/h7-11,19-22,24,32H,1-2,12-16H2,3-6H3/t19?,20-,21+,22+,24?,28?/m1/s1. The largest absolute Gasteiger partial charge is 0.395 e. The van der Waals surface area contributed by atoms with E-state index in [0.717, 1.165) is 23.2 Å². The molecule has 3 aliphatic heterocycles. The zero-order valence-electron chi connectivity index (χ0n) is 21.6. The van der Waals surface area contributed by atoms with Crippen LogP contribution in [0.2, 0.25) is 0 Å². The summed E-state index contributed by atoms with van der Waals surface area (Å²) in [5.74, 6) is -1.47. The van der Waals surface area contributed by atoms with Crippen molar-refractivity contribution in [1.29, 1.82) is 0 Å². The van der Waals surface area contributed by atoms with Crippen molar-refractivity contribution >= 4 is 35.2 Å². The van der Waals surface area contributed by atoms with Gasteiger partial charge in [-0.1, -0.05) is 37.3 Å². The number of para-hydroxylation sites is 1. The number of hydrogen-bond acceptors (Lipinski definition) is 5. The van der Waals surface area contributed by atoms with Crippen LogP contribution in [0.5, 0.6) is 0 Å². The second-order valence-electron chi connectivity index (χ2n) is 10.3. The summed E-state index contributed by atoms with van der Waals surface area (Å²) in [6, 6.07) is 5.14. The molecule has 3 amide bonds. The van der Waals surface area contributed by atoms with Crippen molar-refractivity contribution in [3.05, 3.63) is 54.6 Å². The van der Waals surface area contributed by atoms with Gasteiger partial charge in [-0.25, -0.2) is 0 Å². The first-order valence-electron chi connectivity index (χ1n) is 12.6. The lowest BCUT2D eigenvalue weighted by atomic mass is 9.65. The smallest absolute Gasteiger partial charge is 0.251 e. The normalized spacial score (nSPS) is 30.3. The molecule has 3 aliphatic rings. The number of anilines is 1. The fourth-order valence-electron chi connectivity index (χ4n) is 6.77. The van der Waals surface area contributed by atoms with E-state index in [4.69, 9.17) is 0 Å². The van der Waals surface area contributed by atoms with E-state index in [1.54, 1.807) is 45.7 Å². The highest BCUT2D eigenvalue weighted by Gasteiger charge is 2.76. The molecule has 4 rings (SSSR count). The van der Waals surface area contributed by atoms with Gasteiger partial charge in [0.1, 0.15) is 6.04 Å². The number of benzene rings is 1. The first-order valence-corrected chi connectivity index (χ1v) is 13.5. The monoisotopic (exact) mass is 511 g/mol. The molecule has 0 aliphatic carbocycles. The van der Waals surface area contributed by atoms with Crippen molar-refractivity contribution in [2.24, 2.45) is 17.8 Å². The van der Waals surface area contributed by atoms with E-state index in [9.17, 15) is 19.5 Å². The molecule has 6 atom stereocenters. The number of carbonyl (C=O) groups is 3. The summed E-state index contributed by atoms with van der Waals surface area (Å²) >= 11 is 1.65. The number of aliphatic hydroxyl groups is 1. The fourth-order valence-corrected chi connectivity index (χ4v) is 9.18. The Balaban J connectivity index is 1.83. The van der Waals surface area contributed by atoms with E-state index in [1.807, 2.05) is 32.0 Å². The summed E-state index contributed by atoms with van der Waals surface area (Å²) in [7, 11) is 1.73. The number of aliphatic hydroxyl groups excluding tert-OH is 1. The maximum atomic E-state index is 14.5. The van der Waals surface area contributed by atoms with Gasteiger partial charge in [0, 0.05) is 37.6 Å². The van der Waals surface area contributed by atoms with Crippen molar-refractivity contribution in [2.75, 3.05) is 38.2 Å². The highest BCUT2D eigenvalue weighted by atomic mass is 32.2. The average Bonchev–Trinajstić information content (AvgIpc) is 3.42. The fraction of sp³-hybridized carbons (Fsp3) is 0.536. The number of nitrogens with zero attached hydrogens (tertiary/aromatic N) is 3. The van der Waals surface area contributed by atoms with Gasteiger partial charge in [-0.05, 0) is 37.3 Å². The number of rotatable bonds is 9. The number of thioether (sulfide) groups is 1. The minimum atomic E-state index is -0.770. The molecule has 2 bridgehead atoms. The van der Waals surface area contributed by atoms with Crippen LogP contribution in [-0.4, -0.2) is 82.0 Å². The summed E-state index contributed by atoms with van der Waals surface area (Å²) in [6.07, 6.45) is 4.15. The molecular weight excluding hydrogens is 474 g/mol. The van der Waals surface area contributed by atoms with Gasteiger partial charge < -0.3 is 19.8 Å². The summed E-state index contributed by atoms with van der Waals surface area (Å²) in [4.78, 5) is 47.0. The van der Waals surface area contributed by atoms with Crippen LogP contribution in [0.3, 0.4) is 0 Å². The predicted molar refractivity (Wildman–Crippen MR) is 144 cm³/mol. The number of hydrogen-bond donors (Lipinski definition) is 1. The lowest BCUT2D eigenvalue weighted by molar-refractivity contribution is -0.143. The van der Waals surface area contributed by atoms with E-state index >= 15 is 0 Å². The third-order valence-corrected chi connectivity index (χ3v) is 10.2. The zero-order chi connectivity index (χ0) is 26.4. The van der Waals surface area contributed by atoms with E-state index in [2.05, 4.69) is 20.1 Å². The molecule has 3 heterocycles. The van der Waals surface area contributed by atoms with E-state index in [1.165, 1.54) is 0 Å². The van der Waals surface area contributed by atoms with Gasteiger partial charge in [0.2, 0.25) is 11.8 Å². The van der Waals surface area contributed by atoms with E-state index in [-0.39, 0.29) is 42.0 Å². The van der Waals surface area contributed by atoms with Crippen LogP contribution in [0.15, 0.2) is 43.5 Å². The number of carbonyl (C=O) groups excluding carboxylic acids is 3. The van der Waals surface area contributed by atoms with Crippen LogP contribution in [0.25, 0.3) is 0 Å². The molecule has 0 aromatic heterocycles. The topological polar surface area (TPSA) is 81.2 Å². The first kappa shape index (κ1) is 26.5. The van der Waals surface area contributed by atoms with Gasteiger partial charge in [0.25, 0.3) is 5.91 Å². The quantitative estimate of drug-likeness (QED) is 0.516. The Kier molecular flexibility index (Phi) is 7.40. The molecule has 7 nitrogen and oxygen atoms in total. The first-order chi connectivity index (χ1) is 17.1. The van der Waals surface area contributed by atoms with Gasteiger partial charge in [-0.15, -0.1) is 24.9 Å². The number of aryl methyl sites for hydroxylation is 2. The van der Waals surface area contributed by atoms with Gasteiger partial charge in [-0.3, -0.25) is 14.4 Å². The lowest BCUT2D eigenvalue weighted by Gasteiger charge is -2.41. The molecule has 194 valence electrons. The number of likely N-dealkylation sites (tertiary alicyclic amines) is 1. The molecule has 0 saturated carbocycles. The molecule has 8 heteroatoms.